The minimum Gasteiger partial charge on any atom is -0.353 e. The lowest BCUT2D eigenvalue weighted by Crippen LogP contribution is -2.41. The molecule has 0 aromatic heterocycles. The highest BCUT2D eigenvalue weighted by atomic mass is 19.1. The van der Waals surface area contributed by atoms with E-state index in [0.717, 1.165) is 25.7 Å². The second-order valence-corrected chi connectivity index (χ2v) is 6.98. The first-order valence-electron chi connectivity index (χ1n) is 9.21. The molecule has 2 aromatic carbocycles. The lowest BCUT2D eigenvalue weighted by atomic mass is 9.91. The molecule has 0 spiro atoms. The molecule has 2 amide bonds. The Balaban J connectivity index is 1.63. The van der Waals surface area contributed by atoms with Gasteiger partial charge >= 0.3 is 0 Å². The highest BCUT2D eigenvalue weighted by Gasteiger charge is 2.20. The zero-order chi connectivity index (χ0) is 19.2. The molecule has 142 valence electrons. The number of rotatable bonds is 5. The lowest BCUT2D eigenvalue weighted by Gasteiger charge is -2.27. The van der Waals surface area contributed by atoms with Gasteiger partial charge in [0, 0.05) is 23.3 Å². The second kappa shape index (κ2) is 8.77. The summed E-state index contributed by atoms with van der Waals surface area (Å²) in [6, 6.07) is 13.0. The van der Waals surface area contributed by atoms with Crippen LogP contribution in [0.5, 0.6) is 0 Å². The first kappa shape index (κ1) is 19.0. The van der Waals surface area contributed by atoms with E-state index in [9.17, 15) is 14.0 Å². The molecule has 0 bridgehead atoms. The van der Waals surface area contributed by atoms with E-state index in [-0.39, 0.29) is 30.0 Å². The fourth-order valence-electron chi connectivity index (χ4n) is 3.34. The van der Waals surface area contributed by atoms with E-state index in [1.807, 2.05) is 6.07 Å². The molecule has 0 unspecified atom stereocenters. The Morgan fingerprint density at radius 2 is 1.78 bits per heavy atom. The van der Waals surface area contributed by atoms with Crippen molar-refractivity contribution < 1.29 is 14.0 Å². The molecule has 0 atom stereocenters. The summed E-state index contributed by atoms with van der Waals surface area (Å²) in [4.78, 5) is 24.8. The molecule has 5 nitrogen and oxygen atoms in total. The van der Waals surface area contributed by atoms with E-state index in [4.69, 9.17) is 5.73 Å². The summed E-state index contributed by atoms with van der Waals surface area (Å²) in [6.07, 6.45) is 3.80. The molecular weight excluding hydrogens is 345 g/mol. The summed E-state index contributed by atoms with van der Waals surface area (Å²) in [7, 11) is 0. The van der Waals surface area contributed by atoms with Crippen molar-refractivity contribution in [3.63, 3.8) is 0 Å². The minimum absolute atomic E-state index is 0.0806. The number of carbonyl (C=O) groups excluding carboxylic acids is 2. The third kappa shape index (κ3) is 5.37. The van der Waals surface area contributed by atoms with E-state index in [2.05, 4.69) is 10.6 Å². The number of para-hydroxylation sites is 1. The van der Waals surface area contributed by atoms with Crippen LogP contribution in [0.15, 0.2) is 48.5 Å². The molecule has 1 aliphatic carbocycles. The van der Waals surface area contributed by atoms with Gasteiger partial charge in [-0.2, -0.15) is 0 Å². The molecule has 0 saturated heterocycles. The van der Waals surface area contributed by atoms with Crippen LogP contribution in [0, 0.1) is 5.82 Å². The Kier molecular flexibility index (Phi) is 6.19. The predicted octanol–water partition coefficient (Wildman–Crippen LogP) is 3.01. The molecule has 1 saturated carbocycles. The Hall–Kier alpha value is -2.73. The summed E-state index contributed by atoms with van der Waals surface area (Å²) in [5.74, 6) is -0.964. The van der Waals surface area contributed by atoms with Gasteiger partial charge in [-0.25, -0.2) is 4.39 Å². The fraction of sp³-hybridized carbons (Fsp3) is 0.333. The molecule has 3 rings (SSSR count). The third-order valence-electron chi connectivity index (χ3n) is 4.84. The van der Waals surface area contributed by atoms with Crippen LogP contribution in [0.4, 0.5) is 10.1 Å². The Labute approximate surface area is 158 Å². The Morgan fingerprint density at radius 3 is 2.52 bits per heavy atom. The van der Waals surface area contributed by atoms with Gasteiger partial charge in [0.2, 0.25) is 5.91 Å². The number of amides is 2. The number of anilines is 1. The maximum atomic E-state index is 13.3. The second-order valence-electron chi connectivity index (χ2n) is 6.98. The quantitative estimate of drug-likeness (QED) is 0.757. The summed E-state index contributed by atoms with van der Waals surface area (Å²) in [5.41, 5.74) is 7.39. The van der Waals surface area contributed by atoms with Crippen LogP contribution in [0.3, 0.4) is 0 Å². The van der Waals surface area contributed by atoms with E-state index in [1.54, 1.807) is 24.3 Å². The van der Waals surface area contributed by atoms with Crippen LogP contribution in [0.25, 0.3) is 0 Å². The largest absolute Gasteiger partial charge is 0.353 e. The summed E-state index contributed by atoms with van der Waals surface area (Å²) < 4.78 is 13.3. The number of nitrogens with one attached hydrogen (secondary N) is 2. The van der Waals surface area contributed by atoms with Gasteiger partial charge in [0.05, 0.1) is 6.42 Å². The van der Waals surface area contributed by atoms with E-state index >= 15 is 0 Å². The SMILES string of the molecule is NC1CCC(NC(=O)Cc2ccccc2NC(=O)c2cccc(F)c2)CC1. The van der Waals surface area contributed by atoms with Crippen molar-refractivity contribution >= 4 is 17.5 Å². The maximum absolute atomic E-state index is 13.3. The molecule has 27 heavy (non-hydrogen) atoms. The average molecular weight is 369 g/mol. The van der Waals surface area contributed by atoms with Crippen molar-refractivity contribution in [2.24, 2.45) is 5.73 Å². The van der Waals surface area contributed by atoms with Gasteiger partial charge < -0.3 is 16.4 Å². The normalized spacial score (nSPS) is 19.3. The average Bonchev–Trinajstić information content (AvgIpc) is 2.65. The molecule has 0 aliphatic heterocycles. The topological polar surface area (TPSA) is 84.2 Å². The number of carbonyl (C=O) groups is 2. The number of nitrogens with two attached hydrogens (primary N) is 1. The summed E-state index contributed by atoms with van der Waals surface area (Å²) in [6.45, 7) is 0. The molecule has 0 heterocycles. The Bertz CT molecular complexity index is 817. The zero-order valence-electron chi connectivity index (χ0n) is 15.1. The fourth-order valence-corrected chi connectivity index (χ4v) is 3.34. The first-order valence-corrected chi connectivity index (χ1v) is 9.21. The van der Waals surface area contributed by atoms with Crippen molar-refractivity contribution in [3.8, 4) is 0 Å². The number of hydrogen-bond acceptors (Lipinski definition) is 3. The number of halogens is 1. The first-order chi connectivity index (χ1) is 13.0. The smallest absolute Gasteiger partial charge is 0.255 e. The number of hydrogen-bond donors (Lipinski definition) is 3. The van der Waals surface area contributed by atoms with Crippen molar-refractivity contribution in [2.45, 2.75) is 44.2 Å². The van der Waals surface area contributed by atoms with Crippen LogP contribution in [0.1, 0.15) is 41.6 Å². The molecule has 1 aliphatic rings. The van der Waals surface area contributed by atoms with Crippen LogP contribution >= 0.6 is 0 Å². The van der Waals surface area contributed by atoms with Crippen molar-refractivity contribution in [3.05, 3.63) is 65.5 Å². The maximum Gasteiger partial charge on any atom is 0.255 e. The summed E-state index contributed by atoms with van der Waals surface area (Å²) >= 11 is 0. The highest BCUT2D eigenvalue weighted by Crippen LogP contribution is 2.19. The van der Waals surface area contributed by atoms with E-state index in [1.165, 1.54) is 18.2 Å². The minimum atomic E-state index is -0.470. The van der Waals surface area contributed by atoms with Crippen LogP contribution in [-0.4, -0.2) is 23.9 Å². The van der Waals surface area contributed by atoms with Crippen molar-refractivity contribution in [2.75, 3.05) is 5.32 Å². The van der Waals surface area contributed by atoms with Crippen LogP contribution < -0.4 is 16.4 Å². The van der Waals surface area contributed by atoms with E-state index in [0.29, 0.717) is 11.3 Å². The molecule has 6 heteroatoms. The third-order valence-corrected chi connectivity index (χ3v) is 4.84. The van der Waals surface area contributed by atoms with E-state index < -0.39 is 11.7 Å². The van der Waals surface area contributed by atoms with Crippen molar-refractivity contribution in [1.82, 2.24) is 5.32 Å². The molecule has 2 aromatic rings. The monoisotopic (exact) mass is 369 g/mol. The molecule has 1 fully saturated rings. The van der Waals surface area contributed by atoms with Gasteiger partial charge in [0.15, 0.2) is 0 Å². The zero-order valence-corrected chi connectivity index (χ0v) is 15.1. The predicted molar refractivity (Wildman–Crippen MR) is 103 cm³/mol. The molecule has 4 N–H and O–H groups in total. The van der Waals surface area contributed by atoms with Gasteiger partial charge in [-0.15, -0.1) is 0 Å². The highest BCUT2D eigenvalue weighted by molar-refractivity contribution is 6.04. The molecule has 0 radical (unpaired) electrons. The lowest BCUT2D eigenvalue weighted by molar-refractivity contribution is -0.121. The number of benzene rings is 2. The van der Waals surface area contributed by atoms with Crippen molar-refractivity contribution in [1.29, 1.82) is 0 Å². The molecular formula is C21H24FN3O2. The van der Waals surface area contributed by atoms with Gasteiger partial charge in [0.25, 0.3) is 5.91 Å². The van der Waals surface area contributed by atoms with Gasteiger partial charge in [-0.1, -0.05) is 24.3 Å². The van der Waals surface area contributed by atoms with Gasteiger partial charge in [-0.05, 0) is 55.5 Å². The standard InChI is InChI=1S/C21H24FN3O2/c22-16-6-3-5-15(12-16)21(27)25-19-7-2-1-4-14(19)13-20(26)24-18-10-8-17(23)9-11-18/h1-7,12,17-18H,8-11,13,23H2,(H,24,26)(H,25,27). The van der Waals surface area contributed by atoms with Gasteiger partial charge in [0.1, 0.15) is 5.82 Å². The van der Waals surface area contributed by atoms with Gasteiger partial charge in [-0.3, -0.25) is 9.59 Å². The van der Waals surface area contributed by atoms with Crippen LogP contribution in [0.2, 0.25) is 0 Å². The Morgan fingerprint density at radius 1 is 1.04 bits per heavy atom. The van der Waals surface area contributed by atoms with Crippen LogP contribution in [-0.2, 0) is 11.2 Å². The summed E-state index contributed by atoms with van der Waals surface area (Å²) in [5, 5.41) is 5.82.